The third kappa shape index (κ3) is 1.78. The van der Waals surface area contributed by atoms with Gasteiger partial charge in [-0.1, -0.05) is 30.3 Å². The van der Waals surface area contributed by atoms with E-state index >= 15 is 0 Å². The standard InChI is InChI=1S/C11H13NO/c13-11-6-7-12-8-10(11)9-4-2-1-3-5-9/h1-5,10,12H,6-8H2/t10-/m0/s1. The van der Waals surface area contributed by atoms with E-state index in [9.17, 15) is 4.79 Å². The highest BCUT2D eigenvalue weighted by Gasteiger charge is 2.22. The fraction of sp³-hybridized carbons (Fsp3) is 0.364. The van der Waals surface area contributed by atoms with Gasteiger partial charge in [0.25, 0.3) is 0 Å². The third-order valence-corrected chi connectivity index (χ3v) is 2.49. The minimum Gasteiger partial charge on any atom is -0.315 e. The van der Waals surface area contributed by atoms with Gasteiger partial charge in [0.2, 0.25) is 0 Å². The number of carbonyl (C=O) groups excluding carboxylic acids is 1. The van der Waals surface area contributed by atoms with Crippen LogP contribution in [0.3, 0.4) is 0 Å². The summed E-state index contributed by atoms with van der Waals surface area (Å²) in [6, 6.07) is 9.99. The lowest BCUT2D eigenvalue weighted by Crippen LogP contribution is -2.35. The third-order valence-electron chi connectivity index (χ3n) is 2.49. The van der Waals surface area contributed by atoms with Crippen molar-refractivity contribution in [2.24, 2.45) is 0 Å². The van der Waals surface area contributed by atoms with Crippen molar-refractivity contribution >= 4 is 5.78 Å². The molecule has 0 aromatic heterocycles. The molecule has 1 N–H and O–H groups in total. The summed E-state index contributed by atoms with van der Waals surface area (Å²) in [5.41, 5.74) is 1.14. The van der Waals surface area contributed by atoms with E-state index in [0.29, 0.717) is 12.2 Å². The molecule has 1 heterocycles. The van der Waals surface area contributed by atoms with Gasteiger partial charge < -0.3 is 5.32 Å². The molecule has 2 heteroatoms. The summed E-state index contributed by atoms with van der Waals surface area (Å²) >= 11 is 0. The van der Waals surface area contributed by atoms with Crippen LogP contribution in [0.4, 0.5) is 0 Å². The van der Waals surface area contributed by atoms with Crippen LogP contribution < -0.4 is 5.32 Å². The number of hydrogen-bond acceptors (Lipinski definition) is 2. The van der Waals surface area contributed by atoms with E-state index in [1.165, 1.54) is 0 Å². The molecule has 1 atom stereocenters. The number of nitrogens with one attached hydrogen (secondary N) is 1. The van der Waals surface area contributed by atoms with E-state index < -0.39 is 0 Å². The zero-order valence-electron chi connectivity index (χ0n) is 7.49. The van der Waals surface area contributed by atoms with Gasteiger partial charge in [-0.05, 0) is 5.56 Å². The first kappa shape index (κ1) is 8.45. The molecule has 1 fully saturated rings. The Morgan fingerprint density at radius 1 is 1.23 bits per heavy atom. The van der Waals surface area contributed by atoms with Crippen LogP contribution in [0.15, 0.2) is 30.3 Å². The van der Waals surface area contributed by atoms with Crippen LogP contribution in [-0.2, 0) is 4.79 Å². The van der Waals surface area contributed by atoms with Crippen molar-refractivity contribution in [3.05, 3.63) is 35.9 Å². The summed E-state index contributed by atoms with van der Waals surface area (Å²) in [4.78, 5) is 11.6. The lowest BCUT2D eigenvalue weighted by atomic mass is 9.91. The highest BCUT2D eigenvalue weighted by molar-refractivity contribution is 5.86. The molecule has 0 aliphatic carbocycles. The van der Waals surface area contributed by atoms with Crippen molar-refractivity contribution in [2.45, 2.75) is 12.3 Å². The SMILES string of the molecule is O=C1CCNC[C@H]1c1ccccc1. The van der Waals surface area contributed by atoms with Gasteiger partial charge in [-0.2, -0.15) is 0 Å². The van der Waals surface area contributed by atoms with Gasteiger partial charge in [-0.3, -0.25) is 4.79 Å². The van der Waals surface area contributed by atoms with Gasteiger partial charge in [0, 0.05) is 19.5 Å². The molecule has 2 nitrogen and oxygen atoms in total. The van der Waals surface area contributed by atoms with Crippen LogP contribution in [0.2, 0.25) is 0 Å². The lowest BCUT2D eigenvalue weighted by Gasteiger charge is -2.21. The maximum Gasteiger partial charge on any atom is 0.142 e. The van der Waals surface area contributed by atoms with E-state index in [-0.39, 0.29) is 5.92 Å². The molecule has 2 rings (SSSR count). The smallest absolute Gasteiger partial charge is 0.142 e. The van der Waals surface area contributed by atoms with Gasteiger partial charge in [0.1, 0.15) is 5.78 Å². The average molecular weight is 175 g/mol. The Morgan fingerprint density at radius 3 is 2.69 bits per heavy atom. The second kappa shape index (κ2) is 3.71. The molecule has 1 aliphatic heterocycles. The summed E-state index contributed by atoms with van der Waals surface area (Å²) in [6.07, 6.45) is 0.666. The van der Waals surface area contributed by atoms with Crippen molar-refractivity contribution in [1.29, 1.82) is 0 Å². The van der Waals surface area contributed by atoms with Crippen LogP contribution in [0, 0.1) is 0 Å². The molecule has 0 spiro atoms. The molecule has 0 saturated carbocycles. The van der Waals surface area contributed by atoms with Gasteiger partial charge in [0.05, 0.1) is 5.92 Å². The quantitative estimate of drug-likeness (QED) is 0.697. The Kier molecular flexibility index (Phi) is 2.41. The largest absolute Gasteiger partial charge is 0.315 e. The summed E-state index contributed by atoms with van der Waals surface area (Å²) in [7, 11) is 0. The maximum absolute atomic E-state index is 11.6. The minimum atomic E-state index is 0.0787. The van der Waals surface area contributed by atoms with Crippen LogP contribution >= 0.6 is 0 Å². The summed E-state index contributed by atoms with van der Waals surface area (Å²) in [5.74, 6) is 0.444. The van der Waals surface area contributed by atoms with Crippen molar-refractivity contribution < 1.29 is 4.79 Å². The van der Waals surface area contributed by atoms with E-state index in [4.69, 9.17) is 0 Å². The number of rotatable bonds is 1. The van der Waals surface area contributed by atoms with Crippen molar-refractivity contribution in [3.8, 4) is 0 Å². The fourth-order valence-electron chi connectivity index (χ4n) is 1.74. The predicted molar refractivity (Wildman–Crippen MR) is 51.7 cm³/mol. The average Bonchev–Trinajstić information content (AvgIpc) is 2.20. The molecule has 1 aliphatic rings. The first-order chi connectivity index (χ1) is 6.38. The van der Waals surface area contributed by atoms with Crippen LogP contribution in [0.1, 0.15) is 17.9 Å². The van der Waals surface area contributed by atoms with Crippen LogP contribution in [-0.4, -0.2) is 18.9 Å². The monoisotopic (exact) mass is 175 g/mol. The molecule has 0 radical (unpaired) electrons. The maximum atomic E-state index is 11.6. The highest BCUT2D eigenvalue weighted by Crippen LogP contribution is 2.19. The van der Waals surface area contributed by atoms with Crippen LogP contribution in [0.25, 0.3) is 0 Å². The van der Waals surface area contributed by atoms with Gasteiger partial charge >= 0.3 is 0 Å². The molecule has 68 valence electrons. The Balaban J connectivity index is 2.20. The number of carbonyl (C=O) groups is 1. The summed E-state index contributed by atoms with van der Waals surface area (Å²) < 4.78 is 0. The number of ketones is 1. The molecule has 0 bridgehead atoms. The molecule has 1 saturated heterocycles. The van der Waals surface area contributed by atoms with Crippen LogP contribution in [0.5, 0.6) is 0 Å². The molecule has 1 aromatic rings. The van der Waals surface area contributed by atoms with Gasteiger partial charge in [0.15, 0.2) is 0 Å². The second-order valence-corrected chi connectivity index (χ2v) is 3.38. The topological polar surface area (TPSA) is 29.1 Å². The first-order valence-electron chi connectivity index (χ1n) is 4.66. The minimum absolute atomic E-state index is 0.0787. The van der Waals surface area contributed by atoms with Gasteiger partial charge in [-0.15, -0.1) is 0 Å². The zero-order valence-corrected chi connectivity index (χ0v) is 7.49. The van der Waals surface area contributed by atoms with Crippen molar-refractivity contribution in [1.82, 2.24) is 5.32 Å². The van der Waals surface area contributed by atoms with E-state index in [1.54, 1.807) is 0 Å². The number of Topliss-reactive ketones (excluding diaryl/α,β-unsaturated/α-hetero) is 1. The molecule has 0 amide bonds. The van der Waals surface area contributed by atoms with E-state index in [1.807, 2.05) is 30.3 Å². The highest BCUT2D eigenvalue weighted by atomic mass is 16.1. The Morgan fingerprint density at radius 2 is 2.00 bits per heavy atom. The molecular formula is C11H13NO. The fourth-order valence-corrected chi connectivity index (χ4v) is 1.74. The Labute approximate surface area is 78.0 Å². The second-order valence-electron chi connectivity index (χ2n) is 3.38. The number of hydrogen-bond donors (Lipinski definition) is 1. The summed E-state index contributed by atoms with van der Waals surface area (Å²) in [5, 5.41) is 3.24. The molecule has 13 heavy (non-hydrogen) atoms. The number of benzene rings is 1. The first-order valence-corrected chi connectivity index (χ1v) is 4.66. The zero-order chi connectivity index (χ0) is 9.10. The Bertz CT molecular complexity index is 294. The van der Waals surface area contributed by atoms with Crippen molar-refractivity contribution in [2.75, 3.05) is 13.1 Å². The Hall–Kier alpha value is -1.15. The van der Waals surface area contributed by atoms with E-state index in [2.05, 4.69) is 5.32 Å². The number of piperidine rings is 1. The lowest BCUT2D eigenvalue weighted by molar-refractivity contribution is -0.121. The van der Waals surface area contributed by atoms with Crippen molar-refractivity contribution in [3.63, 3.8) is 0 Å². The molecule has 1 aromatic carbocycles. The normalized spacial score (nSPS) is 23.1. The van der Waals surface area contributed by atoms with E-state index in [0.717, 1.165) is 18.7 Å². The summed E-state index contributed by atoms with van der Waals surface area (Å²) in [6.45, 7) is 1.63. The molecular weight excluding hydrogens is 162 g/mol. The molecule has 0 unspecified atom stereocenters. The van der Waals surface area contributed by atoms with Gasteiger partial charge in [-0.25, -0.2) is 0 Å². The predicted octanol–water partition coefficient (Wildman–Crippen LogP) is 1.33.